The minimum absolute atomic E-state index is 0.0349. The van der Waals surface area contributed by atoms with Crippen LogP contribution in [0.5, 0.6) is 5.75 Å². The first-order valence-corrected chi connectivity index (χ1v) is 8.90. The molecule has 4 aromatic rings. The predicted octanol–water partition coefficient (Wildman–Crippen LogP) is 5.01. The van der Waals surface area contributed by atoms with Crippen molar-refractivity contribution in [2.75, 3.05) is 7.11 Å². The molecule has 3 aromatic carbocycles. The fraction of sp³-hybridized carbons (Fsp3) is 0.0833. The molecule has 0 aliphatic rings. The first-order valence-electron chi connectivity index (χ1n) is 8.90. The largest absolute Gasteiger partial charge is 0.497 e. The lowest BCUT2D eigenvalue weighted by molar-refractivity contribution is 0.103. The summed E-state index contributed by atoms with van der Waals surface area (Å²) in [6.07, 6.45) is 0. The van der Waals surface area contributed by atoms with E-state index in [2.05, 4.69) is 0 Å². The summed E-state index contributed by atoms with van der Waals surface area (Å²) in [4.78, 5) is 26.1. The Kier molecular flexibility index (Phi) is 4.53. The Morgan fingerprint density at radius 2 is 1.64 bits per heavy atom. The van der Waals surface area contributed by atoms with E-state index in [0.29, 0.717) is 27.8 Å². The third-order valence-electron chi connectivity index (χ3n) is 4.72. The zero-order valence-corrected chi connectivity index (χ0v) is 15.6. The van der Waals surface area contributed by atoms with E-state index in [4.69, 9.17) is 9.15 Å². The normalized spacial score (nSPS) is 10.8. The Morgan fingerprint density at radius 1 is 0.929 bits per heavy atom. The summed E-state index contributed by atoms with van der Waals surface area (Å²) in [5.41, 5.74) is 2.59. The molecule has 0 aliphatic carbocycles. The van der Waals surface area contributed by atoms with Crippen LogP contribution in [-0.4, -0.2) is 12.9 Å². The third-order valence-corrected chi connectivity index (χ3v) is 4.72. The van der Waals surface area contributed by atoms with E-state index in [1.54, 1.807) is 31.4 Å². The number of methoxy groups -OCH3 is 1. The fourth-order valence-corrected chi connectivity index (χ4v) is 3.27. The first kappa shape index (κ1) is 17.7. The van der Waals surface area contributed by atoms with Crippen molar-refractivity contribution in [3.05, 3.63) is 99.9 Å². The van der Waals surface area contributed by atoms with Gasteiger partial charge in [-0.15, -0.1) is 0 Å². The molecule has 0 N–H and O–H groups in total. The van der Waals surface area contributed by atoms with Crippen molar-refractivity contribution in [3.63, 3.8) is 0 Å². The van der Waals surface area contributed by atoms with Crippen LogP contribution < -0.4 is 10.4 Å². The maximum atomic E-state index is 13.3. The standard InChI is InChI=1S/C24H18O4/c1-15-8-10-17(11-9-15)23(25)22-21(16-6-4-3-5-7-16)19-13-12-18(27-2)14-20(19)28-24(22)26/h3-14H,1-2H3. The maximum Gasteiger partial charge on any atom is 0.348 e. The average Bonchev–Trinajstić information content (AvgIpc) is 2.73. The number of ketones is 1. The highest BCUT2D eigenvalue weighted by molar-refractivity contribution is 6.16. The summed E-state index contributed by atoms with van der Waals surface area (Å²) in [6.45, 7) is 1.95. The smallest absolute Gasteiger partial charge is 0.348 e. The number of carbonyl (C=O) groups excluding carboxylic acids is 1. The molecule has 0 unspecified atom stereocenters. The van der Waals surface area contributed by atoms with E-state index in [1.807, 2.05) is 55.5 Å². The lowest BCUT2D eigenvalue weighted by Gasteiger charge is -2.12. The van der Waals surface area contributed by atoms with Gasteiger partial charge in [-0.3, -0.25) is 4.79 Å². The molecule has 4 rings (SSSR count). The molecule has 1 aromatic heterocycles. The van der Waals surface area contributed by atoms with Gasteiger partial charge in [0.25, 0.3) is 0 Å². The number of ether oxygens (including phenoxy) is 1. The van der Waals surface area contributed by atoms with Crippen LogP contribution in [0.25, 0.3) is 22.1 Å². The molecule has 0 fully saturated rings. The molecule has 0 radical (unpaired) electrons. The number of hydrogen-bond donors (Lipinski definition) is 0. The van der Waals surface area contributed by atoms with Gasteiger partial charge in [0.05, 0.1) is 7.11 Å². The van der Waals surface area contributed by atoms with Gasteiger partial charge in [0.15, 0.2) is 0 Å². The van der Waals surface area contributed by atoms with Gasteiger partial charge in [0, 0.05) is 22.6 Å². The number of carbonyl (C=O) groups is 1. The van der Waals surface area contributed by atoms with E-state index in [9.17, 15) is 9.59 Å². The topological polar surface area (TPSA) is 56.5 Å². The minimum atomic E-state index is -0.662. The van der Waals surface area contributed by atoms with Gasteiger partial charge >= 0.3 is 5.63 Å². The molecule has 0 atom stereocenters. The first-order chi connectivity index (χ1) is 13.6. The van der Waals surface area contributed by atoms with Crippen LogP contribution in [-0.2, 0) is 0 Å². The van der Waals surface area contributed by atoms with Gasteiger partial charge < -0.3 is 9.15 Å². The summed E-state index contributed by atoms with van der Waals surface area (Å²) in [5, 5.41) is 0.682. The lowest BCUT2D eigenvalue weighted by Crippen LogP contribution is -2.17. The molecule has 0 aliphatic heterocycles. The van der Waals surface area contributed by atoms with Crippen LogP contribution in [0.3, 0.4) is 0 Å². The number of hydrogen-bond acceptors (Lipinski definition) is 4. The molecule has 0 saturated heterocycles. The summed E-state index contributed by atoms with van der Waals surface area (Å²) in [6, 6.07) is 21.8. The van der Waals surface area contributed by atoms with E-state index in [-0.39, 0.29) is 11.3 Å². The van der Waals surface area contributed by atoms with Crippen LogP contribution >= 0.6 is 0 Å². The molecular formula is C24H18O4. The minimum Gasteiger partial charge on any atom is -0.497 e. The van der Waals surface area contributed by atoms with Crippen LogP contribution in [0.15, 0.2) is 82.0 Å². The average molecular weight is 370 g/mol. The number of aryl methyl sites for hydroxylation is 1. The second kappa shape index (κ2) is 7.16. The number of rotatable bonds is 4. The zero-order chi connectivity index (χ0) is 19.7. The monoisotopic (exact) mass is 370 g/mol. The summed E-state index contributed by atoms with van der Waals surface area (Å²) in [5.74, 6) is 0.220. The summed E-state index contributed by atoms with van der Waals surface area (Å²) >= 11 is 0. The molecule has 0 spiro atoms. The zero-order valence-electron chi connectivity index (χ0n) is 15.6. The van der Waals surface area contributed by atoms with Crippen LogP contribution in [0.4, 0.5) is 0 Å². The van der Waals surface area contributed by atoms with Crippen LogP contribution in [0.2, 0.25) is 0 Å². The van der Waals surface area contributed by atoms with Gasteiger partial charge in [-0.1, -0.05) is 60.2 Å². The van der Waals surface area contributed by atoms with E-state index in [0.717, 1.165) is 11.1 Å². The Balaban J connectivity index is 2.05. The van der Waals surface area contributed by atoms with E-state index < -0.39 is 5.63 Å². The molecule has 138 valence electrons. The van der Waals surface area contributed by atoms with Gasteiger partial charge in [0.2, 0.25) is 5.78 Å². The number of fused-ring (bicyclic) bond motifs is 1. The SMILES string of the molecule is COc1ccc2c(-c3ccccc3)c(C(=O)c3ccc(C)cc3)c(=O)oc2c1. The molecule has 0 saturated carbocycles. The van der Waals surface area contributed by atoms with Crippen molar-refractivity contribution in [1.29, 1.82) is 0 Å². The molecule has 4 nitrogen and oxygen atoms in total. The lowest BCUT2D eigenvalue weighted by atomic mass is 9.92. The molecular weight excluding hydrogens is 352 g/mol. The van der Waals surface area contributed by atoms with Crippen molar-refractivity contribution in [2.45, 2.75) is 6.92 Å². The van der Waals surface area contributed by atoms with Crippen molar-refractivity contribution >= 4 is 16.8 Å². The van der Waals surface area contributed by atoms with Crippen molar-refractivity contribution in [1.82, 2.24) is 0 Å². The highest BCUT2D eigenvalue weighted by Gasteiger charge is 2.23. The van der Waals surface area contributed by atoms with Gasteiger partial charge in [-0.25, -0.2) is 4.79 Å². The highest BCUT2D eigenvalue weighted by Crippen LogP contribution is 2.33. The molecule has 1 heterocycles. The maximum absolute atomic E-state index is 13.3. The highest BCUT2D eigenvalue weighted by atomic mass is 16.5. The van der Waals surface area contributed by atoms with Crippen molar-refractivity contribution < 1.29 is 13.9 Å². The molecule has 0 amide bonds. The Bertz CT molecular complexity index is 1220. The fourth-order valence-electron chi connectivity index (χ4n) is 3.27. The Labute approximate surface area is 162 Å². The molecule has 4 heteroatoms. The van der Waals surface area contributed by atoms with Crippen molar-refractivity contribution in [2.24, 2.45) is 0 Å². The van der Waals surface area contributed by atoms with Crippen LogP contribution in [0.1, 0.15) is 21.5 Å². The second-order valence-electron chi connectivity index (χ2n) is 6.56. The van der Waals surface area contributed by atoms with E-state index >= 15 is 0 Å². The summed E-state index contributed by atoms with van der Waals surface area (Å²) < 4.78 is 10.7. The number of benzene rings is 3. The predicted molar refractivity (Wildman–Crippen MR) is 109 cm³/mol. The summed E-state index contributed by atoms with van der Waals surface area (Å²) in [7, 11) is 1.55. The van der Waals surface area contributed by atoms with Crippen molar-refractivity contribution in [3.8, 4) is 16.9 Å². The molecule has 28 heavy (non-hydrogen) atoms. The Morgan fingerprint density at radius 3 is 2.32 bits per heavy atom. The van der Waals surface area contributed by atoms with Crippen LogP contribution in [0, 0.1) is 6.92 Å². The third kappa shape index (κ3) is 3.09. The van der Waals surface area contributed by atoms with E-state index in [1.165, 1.54) is 0 Å². The molecule has 0 bridgehead atoms. The van der Waals surface area contributed by atoms with Gasteiger partial charge in [-0.05, 0) is 24.6 Å². The van der Waals surface area contributed by atoms with Gasteiger partial charge in [-0.2, -0.15) is 0 Å². The van der Waals surface area contributed by atoms with Gasteiger partial charge in [0.1, 0.15) is 16.9 Å². The Hall–Kier alpha value is -3.66. The second-order valence-corrected chi connectivity index (χ2v) is 6.56. The quantitative estimate of drug-likeness (QED) is 0.374.